The van der Waals surface area contributed by atoms with Crippen LogP contribution in [0.5, 0.6) is 0 Å². The Morgan fingerprint density at radius 3 is 2.10 bits per heavy atom. The molecule has 0 saturated carbocycles. The van der Waals surface area contributed by atoms with E-state index in [4.69, 9.17) is 11.5 Å². The van der Waals surface area contributed by atoms with Crippen LogP contribution in [0.4, 0.5) is 0 Å². The van der Waals surface area contributed by atoms with Gasteiger partial charge in [-0.1, -0.05) is 13.8 Å². The molecule has 0 aliphatic heterocycles. The smallest absolute Gasteiger partial charge is 0.326 e. The predicted molar refractivity (Wildman–Crippen MR) is 74.7 cm³/mol. The Hall–Kier alpha value is -1.47. The second-order valence-electron chi connectivity index (χ2n) is 5.14. The van der Waals surface area contributed by atoms with E-state index in [-0.39, 0.29) is 12.3 Å². The summed E-state index contributed by atoms with van der Waals surface area (Å²) in [5.74, 6) is -2.64. The molecule has 0 unspecified atom stereocenters. The maximum atomic E-state index is 12.2. The number of rotatable bonds is 8. The highest BCUT2D eigenvalue weighted by atomic mass is 16.4. The van der Waals surface area contributed by atoms with E-state index < -0.39 is 29.9 Å². The molecule has 20 heavy (non-hydrogen) atoms. The van der Waals surface area contributed by atoms with Gasteiger partial charge >= 0.3 is 5.97 Å². The number of imide groups is 1. The van der Waals surface area contributed by atoms with Gasteiger partial charge in [-0.3, -0.25) is 14.5 Å². The van der Waals surface area contributed by atoms with Crippen molar-refractivity contribution in [3.8, 4) is 0 Å². The zero-order valence-electron chi connectivity index (χ0n) is 12.3. The van der Waals surface area contributed by atoms with Crippen molar-refractivity contribution >= 4 is 17.8 Å². The molecule has 2 amide bonds. The molecule has 5 N–H and O–H groups in total. The zero-order valence-corrected chi connectivity index (χ0v) is 12.3. The number of amides is 2. The van der Waals surface area contributed by atoms with E-state index in [1.54, 1.807) is 13.8 Å². The van der Waals surface area contributed by atoms with Gasteiger partial charge in [-0.05, 0) is 31.7 Å². The molecule has 2 atom stereocenters. The van der Waals surface area contributed by atoms with Crippen molar-refractivity contribution in [2.75, 3.05) is 6.54 Å². The summed E-state index contributed by atoms with van der Waals surface area (Å²) >= 11 is 0. The molecule has 0 saturated heterocycles. The molecule has 0 fully saturated rings. The normalized spacial score (nSPS) is 13.9. The third-order valence-electron chi connectivity index (χ3n) is 3.11. The Morgan fingerprint density at radius 2 is 1.75 bits per heavy atom. The number of carbonyl (C=O) groups excluding carboxylic acids is 2. The number of nitrogens with two attached hydrogens (primary N) is 2. The monoisotopic (exact) mass is 287 g/mol. The van der Waals surface area contributed by atoms with Gasteiger partial charge in [-0.15, -0.1) is 0 Å². The molecule has 0 radical (unpaired) electrons. The van der Waals surface area contributed by atoms with Crippen LogP contribution in [-0.4, -0.2) is 46.4 Å². The number of hydrogen-bond donors (Lipinski definition) is 3. The lowest BCUT2D eigenvalue weighted by Crippen LogP contribution is -2.54. The van der Waals surface area contributed by atoms with Gasteiger partial charge in [0.25, 0.3) is 0 Å². The summed E-state index contributed by atoms with van der Waals surface area (Å²) in [4.78, 5) is 35.9. The summed E-state index contributed by atoms with van der Waals surface area (Å²) in [6, 6.07) is -2.08. The van der Waals surface area contributed by atoms with Gasteiger partial charge < -0.3 is 16.6 Å². The van der Waals surface area contributed by atoms with Crippen LogP contribution < -0.4 is 11.5 Å². The van der Waals surface area contributed by atoms with Crippen molar-refractivity contribution in [2.24, 2.45) is 17.4 Å². The number of carboxylic acids is 1. The van der Waals surface area contributed by atoms with E-state index in [1.165, 1.54) is 6.92 Å². The zero-order chi connectivity index (χ0) is 15.9. The lowest BCUT2D eigenvalue weighted by Gasteiger charge is -2.29. The van der Waals surface area contributed by atoms with E-state index in [0.717, 1.165) is 4.90 Å². The van der Waals surface area contributed by atoms with Crippen LogP contribution in [0.1, 0.15) is 40.0 Å². The minimum atomic E-state index is -1.21. The van der Waals surface area contributed by atoms with Crippen LogP contribution in [0, 0.1) is 5.92 Å². The fraction of sp³-hybridized carbons (Fsp3) is 0.769. The number of unbranched alkanes of at least 4 members (excludes halogenated alkanes) is 1. The number of aliphatic carboxylic acids is 1. The number of carbonyl (C=O) groups is 3. The fourth-order valence-corrected chi connectivity index (χ4v) is 1.82. The number of hydrogen-bond acceptors (Lipinski definition) is 5. The molecule has 0 aromatic rings. The number of nitrogens with zero attached hydrogens (tertiary/aromatic N) is 1. The molecule has 0 aromatic heterocycles. The summed E-state index contributed by atoms with van der Waals surface area (Å²) < 4.78 is 0. The largest absolute Gasteiger partial charge is 0.480 e. The van der Waals surface area contributed by atoms with E-state index in [1.807, 2.05) is 0 Å². The van der Waals surface area contributed by atoms with E-state index in [0.29, 0.717) is 19.4 Å². The minimum Gasteiger partial charge on any atom is -0.480 e. The maximum Gasteiger partial charge on any atom is 0.326 e. The van der Waals surface area contributed by atoms with Crippen LogP contribution in [0.2, 0.25) is 0 Å². The molecule has 0 spiro atoms. The molecule has 0 aliphatic rings. The molecule has 7 heteroatoms. The average molecular weight is 287 g/mol. The SMILES string of the molecule is CC(=O)N(C(=O)[C@@H](N)C(C)C)[C@@H](CCCCN)C(=O)O. The lowest BCUT2D eigenvalue weighted by molar-refractivity contribution is -0.158. The van der Waals surface area contributed by atoms with Crippen molar-refractivity contribution in [3.63, 3.8) is 0 Å². The second-order valence-corrected chi connectivity index (χ2v) is 5.14. The van der Waals surface area contributed by atoms with Gasteiger partial charge in [0.2, 0.25) is 11.8 Å². The first-order valence-corrected chi connectivity index (χ1v) is 6.76. The second kappa shape index (κ2) is 8.65. The average Bonchev–Trinajstić information content (AvgIpc) is 2.35. The van der Waals surface area contributed by atoms with Gasteiger partial charge in [0.05, 0.1) is 6.04 Å². The fourth-order valence-electron chi connectivity index (χ4n) is 1.82. The summed E-state index contributed by atoms with van der Waals surface area (Å²) in [6.07, 6.45) is 1.35. The molecule has 0 heterocycles. The summed E-state index contributed by atoms with van der Waals surface area (Å²) in [7, 11) is 0. The molecule has 0 aliphatic carbocycles. The quantitative estimate of drug-likeness (QED) is 0.536. The van der Waals surface area contributed by atoms with Crippen molar-refractivity contribution in [2.45, 2.75) is 52.1 Å². The van der Waals surface area contributed by atoms with Crippen molar-refractivity contribution in [1.29, 1.82) is 0 Å². The Bertz CT molecular complexity index is 358. The van der Waals surface area contributed by atoms with Gasteiger partial charge in [-0.2, -0.15) is 0 Å². The van der Waals surface area contributed by atoms with Crippen LogP contribution in [0.15, 0.2) is 0 Å². The van der Waals surface area contributed by atoms with Gasteiger partial charge in [0.1, 0.15) is 6.04 Å². The van der Waals surface area contributed by atoms with Crippen LogP contribution in [0.25, 0.3) is 0 Å². The summed E-state index contributed by atoms with van der Waals surface area (Å²) in [6.45, 7) is 5.09. The first kappa shape index (κ1) is 18.5. The molecule has 7 nitrogen and oxygen atoms in total. The Kier molecular flexibility index (Phi) is 8.02. The molecule has 0 aromatic carbocycles. The summed E-state index contributed by atoms with van der Waals surface area (Å²) in [5.41, 5.74) is 11.1. The van der Waals surface area contributed by atoms with Crippen LogP contribution >= 0.6 is 0 Å². The van der Waals surface area contributed by atoms with Crippen molar-refractivity contribution in [1.82, 2.24) is 4.90 Å². The van der Waals surface area contributed by atoms with E-state index in [9.17, 15) is 19.5 Å². The highest BCUT2D eigenvalue weighted by molar-refractivity contribution is 6.00. The molecular weight excluding hydrogens is 262 g/mol. The third kappa shape index (κ3) is 5.26. The predicted octanol–water partition coefficient (Wildman–Crippen LogP) is -0.0730. The summed E-state index contributed by atoms with van der Waals surface area (Å²) in [5, 5.41) is 9.24. The van der Waals surface area contributed by atoms with Gasteiger partial charge in [0.15, 0.2) is 0 Å². The third-order valence-corrected chi connectivity index (χ3v) is 3.11. The molecule has 116 valence electrons. The lowest BCUT2D eigenvalue weighted by atomic mass is 10.0. The molecular formula is C13H25N3O4. The van der Waals surface area contributed by atoms with Gasteiger partial charge in [0, 0.05) is 6.92 Å². The van der Waals surface area contributed by atoms with Gasteiger partial charge in [-0.25, -0.2) is 4.79 Å². The standard InChI is InChI=1S/C13H25N3O4/c1-8(2)11(15)12(18)16(9(3)17)10(13(19)20)6-4-5-7-14/h8,10-11H,4-7,14-15H2,1-3H3,(H,19,20)/t10-,11-/m0/s1. The topological polar surface area (TPSA) is 127 Å². The van der Waals surface area contributed by atoms with E-state index in [2.05, 4.69) is 0 Å². The Morgan fingerprint density at radius 1 is 1.20 bits per heavy atom. The van der Waals surface area contributed by atoms with Crippen molar-refractivity contribution in [3.05, 3.63) is 0 Å². The first-order chi connectivity index (χ1) is 9.23. The highest BCUT2D eigenvalue weighted by Crippen LogP contribution is 2.13. The van der Waals surface area contributed by atoms with Crippen molar-refractivity contribution < 1.29 is 19.5 Å². The maximum absolute atomic E-state index is 12.2. The first-order valence-electron chi connectivity index (χ1n) is 6.76. The van der Waals surface area contributed by atoms with Crippen LogP contribution in [0.3, 0.4) is 0 Å². The van der Waals surface area contributed by atoms with E-state index >= 15 is 0 Å². The minimum absolute atomic E-state index is 0.178. The highest BCUT2D eigenvalue weighted by Gasteiger charge is 2.35. The Labute approximate surface area is 119 Å². The number of carboxylic acid groups (broad SMARTS) is 1. The Balaban J connectivity index is 5.13. The van der Waals surface area contributed by atoms with Crippen LogP contribution in [-0.2, 0) is 14.4 Å². The molecule has 0 bridgehead atoms. The molecule has 0 rings (SSSR count).